The summed E-state index contributed by atoms with van der Waals surface area (Å²) in [6.45, 7) is 2.14. The smallest absolute Gasteiger partial charge is 0.189 e. The van der Waals surface area contributed by atoms with E-state index in [-0.39, 0.29) is 5.75 Å². The molecule has 0 amide bonds. The number of para-hydroxylation sites is 1. The van der Waals surface area contributed by atoms with Gasteiger partial charge in [0.05, 0.1) is 0 Å². The summed E-state index contributed by atoms with van der Waals surface area (Å²) in [7, 11) is 0. The van der Waals surface area contributed by atoms with Gasteiger partial charge in [0, 0.05) is 11.1 Å². The Bertz CT molecular complexity index is 474. The van der Waals surface area contributed by atoms with Crippen LogP contribution in [0.3, 0.4) is 0 Å². The van der Waals surface area contributed by atoms with Crippen molar-refractivity contribution in [3.8, 4) is 16.9 Å². The van der Waals surface area contributed by atoms with E-state index in [1.165, 1.54) is 0 Å². The second-order valence-electron chi connectivity index (χ2n) is 4.26. The molecule has 2 rings (SSSR count). The summed E-state index contributed by atoms with van der Waals surface area (Å²) in [5, 5.41) is 12.3. The van der Waals surface area contributed by atoms with E-state index in [0.29, 0.717) is 0 Å². The molecule has 0 unspecified atom stereocenters. The lowest BCUT2D eigenvalue weighted by molar-refractivity contribution is 0.351. The second-order valence-corrected chi connectivity index (χ2v) is 4.26. The minimum atomic E-state index is 0.187. The molecule has 0 N–H and O–H groups in total. The monoisotopic (exact) mass is 225 g/mol. The third-order valence-electron chi connectivity index (χ3n) is 2.98. The summed E-state index contributed by atoms with van der Waals surface area (Å²) < 4.78 is 0. The number of benzene rings is 2. The average molecular weight is 225 g/mol. The van der Waals surface area contributed by atoms with E-state index >= 15 is 0 Å². The standard InChI is InChI=1S/C16H17O/c1-2-3-8-14-11-7-12-15(16(14)17)13-9-5-4-6-10-13/h4-7,9-12H,2-3,8H2,1H3. The SMILES string of the molecule is CCCCc1cccc(-c2ccccc2)c1[O]. The molecule has 17 heavy (non-hydrogen) atoms. The Hall–Kier alpha value is -1.76. The van der Waals surface area contributed by atoms with Crippen molar-refractivity contribution < 1.29 is 5.11 Å². The molecule has 2 aromatic carbocycles. The molecule has 0 aliphatic heterocycles. The highest BCUT2D eigenvalue weighted by molar-refractivity contribution is 5.71. The van der Waals surface area contributed by atoms with E-state index in [4.69, 9.17) is 0 Å². The third kappa shape index (κ3) is 2.68. The lowest BCUT2D eigenvalue weighted by Crippen LogP contribution is -1.87. The van der Waals surface area contributed by atoms with Crippen molar-refractivity contribution in [1.82, 2.24) is 0 Å². The molecular formula is C16H17O. The van der Waals surface area contributed by atoms with Crippen molar-refractivity contribution in [1.29, 1.82) is 0 Å². The Balaban J connectivity index is 2.36. The minimum absolute atomic E-state index is 0.187. The highest BCUT2D eigenvalue weighted by atomic mass is 16.3. The molecule has 87 valence electrons. The summed E-state index contributed by atoms with van der Waals surface area (Å²) in [5.41, 5.74) is 2.77. The van der Waals surface area contributed by atoms with Crippen molar-refractivity contribution in [3.63, 3.8) is 0 Å². The predicted octanol–water partition coefficient (Wildman–Crippen LogP) is 4.84. The third-order valence-corrected chi connectivity index (χ3v) is 2.98. The Kier molecular flexibility index (Phi) is 3.81. The highest BCUT2D eigenvalue weighted by Gasteiger charge is 2.09. The van der Waals surface area contributed by atoms with Crippen LogP contribution >= 0.6 is 0 Å². The maximum Gasteiger partial charge on any atom is 0.189 e. The van der Waals surface area contributed by atoms with Crippen molar-refractivity contribution in [2.45, 2.75) is 26.2 Å². The molecule has 0 bridgehead atoms. The fourth-order valence-corrected chi connectivity index (χ4v) is 1.99. The normalized spacial score (nSPS) is 10.4. The van der Waals surface area contributed by atoms with Crippen LogP contribution in [0.15, 0.2) is 48.5 Å². The molecular weight excluding hydrogens is 208 g/mol. The molecule has 0 saturated carbocycles. The minimum Gasteiger partial charge on any atom is -0.289 e. The first-order chi connectivity index (χ1) is 8.33. The molecule has 0 fully saturated rings. The summed E-state index contributed by atoms with van der Waals surface area (Å²) in [5.74, 6) is 0.187. The first kappa shape index (κ1) is 11.7. The summed E-state index contributed by atoms with van der Waals surface area (Å²) in [6.07, 6.45) is 3.08. The van der Waals surface area contributed by atoms with Crippen LogP contribution in [0.25, 0.3) is 11.1 Å². The molecule has 0 saturated heterocycles. The first-order valence-corrected chi connectivity index (χ1v) is 6.17. The summed E-state index contributed by atoms with van der Waals surface area (Å²) in [4.78, 5) is 0. The number of hydrogen-bond donors (Lipinski definition) is 0. The molecule has 2 aromatic rings. The molecule has 1 radical (unpaired) electrons. The Morgan fingerprint density at radius 1 is 0.941 bits per heavy atom. The predicted molar refractivity (Wildman–Crippen MR) is 70.6 cm³/mol. The number of unbranched alkanes of at least 4 members (excludes halogenated alkanes) is 1. The van der Waals surface area contributed by atoms with Crippen molar-refractivity contribution in [2.75, 3.05) is 0 Å². The van der Waals surface area contributed by atoms with Crippen molar-refractivity contribution in [2.24, 2.45) is 0 Å². The van der Waals surface area contributed by atoms with Crippen LogP contribution in [0.5, 0.6) is 5.75 Å². The topological polar surface area (TPSA) is 19.9 Å². The average Bonchev–Trinajstić information content (AvgIpc) is 2.39. The van der Waals surface area contributed by atoms with Crippen LogP contribution in [0.1, 0.15) is 25.3 Å². The van der Waals surface area contributed by atoms with Gasteiger partial charge in [-0.3, -0.25) is 5.11 Å². The molecule has 1 nitrogen and oxygen atoms in total. The van der Waals surface area contributed by atoms with Gasteiger partial charge in [0.2, 0.25) is 0 Å². The molecule has 1 heteroatoms. The highest BCUT2D eigenvalue weighted by Crippen LogP contribution is 2.33. The Morgan fingerprint density at radius 3 is 2.41 bits per heavy atom. The van der Waals surface area contributed by atoms with Crippen molar-refractivity contribution in [3.05, 3.63) is 54.1 Å². The fourth-order valence-electron chi connectivity index (χ4n) is 1.99. The summed E-state index contributed by atoms with van der Waals surface area (Å²) >= 11 is 0. The molecule has 0 atom stereocenters. The number of rotatable bonds is 4. The number of hydrogen-bond acceptors (Lipinski definition) is 0. The fraction of sp³-hybridized carbons (Fsp3) is 0.250. The number of aryl methyl sites for hydroxylation is 1. The molecule has 0 aliphatic carbocycles. The molecule has 0 heterocycles. The van der Waals surface area contributed by atoms with E-state index in [1.54, 1.807) is 0 Å². The zero-order valence-corrected chi connectivity index (χ0v) is 10.1. The largest absolute Gasteiger partial charge is 0.289 e. The maximum atomic E-state index is 12.3. The second kappa shape index (κ2) is 5.53. The van der Waals surface area contributed by atoms with Gasteiger partial charge in [-0.1, -0.05) is 61.9 Å². The quantitative estimate of drug-likeness (QED) is 0.709. The Labute approximate surface area is 103 Å². The zero-order valence-electron chi connectivity index (χ0n) is 10.1. The van der Waals surface area contributed by atoms with Gasteiger partial charge in [0.25, 0.3) is 0 Å². The summed E-state index contributed by atoms with van der Waals surface area (Å²) in [6, 6.07) is 15.7. The van der Waals surface area contributed by atoms with Crippen LogP contribution in [-0.4, -0.2) is 0 Å². The van der Waals surface area contributed by atoms with Crippen LogP contribution in [0.4, 0.5) is 0 Å². The van der Waals surface area contributed by atoms with Gasteiger partial charge in [-0.15, -0.1) is 0 Å². The van der Waals surface area contributed by atoms with Gasteiger partial charge in [0.1, 0.15) is 0 Å². The Morgan fingerprint density at radius 2 is 1.71 bits per heavy atom. The van der Waals surface area contributed by atoms with E-state index in [2.05, 4.69) is 6.92 Å². The van der Waals surface area contributed by atoms with Crippen LogP contribution < -0.4 is 0 Å². The molecule has 0 spiro atoms. The van der Waals surface area contributed by atoms with Crippen molar-refractivity contribution >= 4 is 0 Å². The lowest BCUT2D eigenvalue weighted by Gasteiger charge is -2.07. The van der Waals surface area contributed by atoms with Gasteiger partial charge in [0.15, 0.2) is 5.75 Å². The van der Waals surface area contributed by atoms with E-state index in [0.717, 1.165) is 36.0 Å². The van der Waals surface area contributed by atoms with Gasteiger partial charge in [-0.05, 0) is 18.4 Å². The lowest BCUT2D eigenvalue weighted by atomic mass is 9.99. The maximum absolute atomic E-state index is 12.3. The molecule has 0 aromatic heterocycles. The van der Waals surface area contributed by atoms with Crippen LogP contribution in [0, 0.1) is 0 Å². The first-order valence-electron chi connectivity index (χ1n) is 6.17. The van der Waals surface area contributed by atoms with Crippen LogP contribution in [0.2, 0.25) is 0 Å². The molecule has 0 aliphatic rings. The van der Waals surface area contributed by atoms with Gasteiger partial charge in [-0.25, -0.2) is 0 Å². The van der Waals surface area contributed by atoms with Crippen LogP contribution in [-0.2, 0) is 11.5 Å². The van der Waals surface area contributed by atoms with E-state index in [9.17, 15) is 5.11 Å². The van der Waals surface area contributed by atoms with Gasteiger partial charge < -0.3 is 0 Å². The van der Waals surface area contributed by atoms with Gasteiger partial charge in [-0.2, -0.15) is 0 Å². The van der Waals surface area contributed by atoms with E-state index in [1.807, 2.05) is 48.5 Å². The van der Waals surface area contributed by atoms with E-state index < -0.39 is 0 Å². The van der Waals surface area contributed by atoms with Gasteiger partial charge >= 0.3 is 0 Å². The zero-order chi connectivity index (χ0) is 12.1.